The lowest BCUT2D eigenvalue weighted by atomic mass is 9.71. The molecule has 0 aliphatic heterocycles. The van der Waals surface area contributed by atoms with E-state index in [1.807, 2.05) is 0 Å². The number of aromatic nitrogens is 3. The first-order chi connectivity index (χ1) is 15.2. The summed E-state index contributed by atoms with van der Waals surface area (Å²) in [5.41, 5.74) is 11.2. The topological polar surface area (TPSA) is 99.3 Å². The molecular weight excluding hydrogens is 445 g/mol. The minimum absolute atomic E-state index is 0.114. The number of imidazole rings is 1. The first kappa shape index (κ1) is 23.8. The van der Waals surface area contributed by atoms with Crippen LogP contribution < -0.4 is 11.5 Å². The van der Waals surface area contributed by atoms with Gasteiger partial charge in [-0.15, -0.1) is 0 Å². The highest BCUT2D eigenvalue weighted by Crippen LogP contribution is 2.54. The van der Waals surface area contributed by atoms with E-state index in [2.05, 4.69) is 10.1 Å². The van der Waals surface area contributed by atoms with Gasteiger partial charge in [0.15, 0.2) is 5.65 Å². The molecule has 2 saturated carbocycles. The van der Waals surface area contributed by atoms with Gasteiger partial charge in [-0.2, -0.15) is 18.3 Å². The van der Waals surface area contributed by atoms with Crippen molar-refractivity contribution in [3.05, 3.63) is 29.7 Å². The van der Waals surface area contributed by atoms with Gasteiger partial charge in [0.05, 0.1) is 23.5 Å². The average molecular weight is 473 g/mol. The molecule has 0 aromatic carbocycles. The summed E-state index contributed by atoms with van der Waals surface area (Å²) in [5.74, 6) is -3.93. The van der Waals surface area contributed by atoms with Gasteiger partial charge >= 0.3 is 6.18 Å². The Bertz CT molecular complexity index is 1040. The Kier molecular flexibility index (Phi) is 5.70. The first-order valence-electron chi connectivity index (χ1n) is 11.0. The standard InChI is InChI=1S/C22H28F5N5O/c1-20(2,22(25,26)27)8-16(28)17-10-32-18(31-17)5-12(9-30-32)14-3-11(14)4-15(19(29)33)13-6-21(23,24)7-13/h5,9-11,13-16H,3-4,6-8,28H2,1-2H3,(H2,29,33)/t11-,14-,15-,16+/m1/s1. The van der Waals surface area contributed by atoms with E-state index < -0.39 is 35.4 Å². The van der Waals surface area contributed by atoms with E-state index in [9.17, 15) is 26.7 Å². The molecule has 0 unspecified atom stereocenters. The lowest BCUT2D eigenvalue weighted by Crippen LogP contribution is -2.44. The lowest BCUT2D eigenvalue weighted by Gasteiger charge is -2.39. The van der Waals surface area contributed by atoms with Crippen molar-refractivity contribution in [1.82, 2.24) is 14.6 Å². The maximum atomic E-state index is 13.2. The predicted molar refractivity (Wildman–Crippen MR) is 110 cm³/mol. The molecule has 1 amide bonds. The summed E-state index contributed by atoms with van der Waals surface area (Å²) in [6.07, 6.45) is -0.852. The molecule has 2 aliphatic rings. The monoisotopic (exact) mass is 473 g/mol. The summed E-state index contributed by atoms with van der Waals surface area (Å²) >= 11 is 0. The number of carbonyl (C=O) groups is 1. The number of nitrogens with two attached hydrogens (primary N) is 2. The molecule has 33 heavy (non-hydrogen) atoms. The predicted octanol–water partition coefficient (Wildman–Crippen LogP) is 4.35. The number of halogens is 5. The van der Waals surface area contributed by atoms with Crippen LogP contribution in [-0.4, -0.2) is 32.6 Å². The Balaban J connectivity index is 1.42. The Morgan fingerprint density at radius 1 is 1.30 bits per heavy atom. The molecule has 6 nitrogen and oxygen atoms in total. The summed E-state index contributed by atoms with van der Waals surface area (Å²) in [4.78, 5) is 16.2. The van der Waals surface area contributed by atoms with Crippen LogP contribution in [0.1, 0.15) is 69.2 Å². The van der Waals surface area contributed by atoms with Gasteiger partial charge in [-0.25, -0.2) is 18.3 Å². The van der Waals surface area contributed by atoms with Gasteiger partial charge < -0.3 is 11.5 Å². The maximum absolute atomic E-state index is 13.2. The molecule has 2 aromatic rings. The third kappa shape index (κ3) is 4.83. The second-order valence-corrected chi connectivity index (χ2v) is 10.3. The highest BCUT2D eigenvalue weighted by atomic mass is 19.4. The van der Waals surface area contributed by atoms with Crippen LogP contribution in [0.2, 0.25) is 0 Å². The van der Waals surface area contributed by atoms with Crippen molar-refractivity contribution < 1.29 is 26.7 Å². The summed E-state index contributed by atoms with van der Waals surface area (Å²) in [6.45, 7) is 2.21. The van der Waals surface area contributed by atoms with Crippen molar-refractivity contribution >= 4 is 11.6 Å². The smallest absolute Gasteiger partial charge is 0.369 e. The van der Waals surface area contributed by atoms with Gasteiger partial charge in [-0.3, -0.25) is 4.79 Å². The molecule has 2 aromatic heterocycles. The minimum Gasteiger partial charge on any atom is -0.369 e. The summed E-state index contributed by atoms with van der Waals surface area (Å²) in [7, 11) is 0. The number of hydrogen-bond donors (Lipinski definition) is 2. The fraction of sp³-hybridized carbons (Fsp3) is 0.682. The zero-order valence-corrected chi connectivity index (χ0v) is 18.4. The van der Waals surface area contributed by atoms with Crippen molar-refractivity contribution in [2.45, 2.75) is 70.0 Å². The molecule has 11 heteroatoms. The van der Waals surface area contributed by atoms with Gasteiger partial charge in [0.25, 0.3) is 0 Å². The van der Waals surface area contributed by atoms with Crippen LogP contribution >= 0.6 is 0 Å². The molecule has 0 saturated heterocycles. The van der Waals surface area contributed by atoms with Gasteiger partial charge in [-0.1, -0.05) is 13.8 Å². The van der Waals surface area contributed by atoms with Gasteiger partial charge in [0.2, 0.25) is 11.8 Å². The average Bonchev–Trinajstić information content (AvgIpc) is 3.29. The Labute approximate surface area is 187 Å². The minimum atomic E-state index is -4.38. The number of carbonyl (C=O) groups excluding carboxylic acids is 1. The third-order valence-corrected chi connectivity index (χ3v) is 7.20. The highest BCUT2D eigenvalue weighted by Gasteiger charge is 2.52. The van der Waals surface area contributed by atoms with Crippen LogP contribution in [-0.2, 0) is 4.79 Å². The van der Waals surface area contributed by atoms with Crippen molar-refractivity contribution in [3.8, 4) is 0 Å². The molecule has 2 fully saturated rings. The summed E-state index contributed by atoms with van der Waals surface area (Å²) in [6, 6.07) is 0.900. The molecule has 0 radical (unpaired) electrons. The Hall–Kier alpha value is -2.30. The quantitative estimate of drug-likeness (QED) is 0.557. The van der Waals surface area contributed by atoms with Crippen LogP contribution in [0.3, 0.4) is 0 Å². The Morgan fingerprint density at radius 2 is 1.97 bits per heavy atom. The fourth-order valence-corrected chi connectivity index (χ4v) is 4.84. The molecule has 4 atom stereocenters. The Morgan fingerprint density at radius 3 is 2.55 bits per heavy atom. The molecule has 2 heterocycles. The van der Waals surface area contributed by atoms with Crippen molar-refractivity contribution in [2.24, 2.45) is 34.6 Å². The maximum Gasteiger partial charge on any atom is 0.394 e. The molecule has 182 valence electrons. The van der Waals surface area contributed by atoms with Crippen molar-refractivity contribution in [2.75, 3.05) is 0 Å². The number of nitrogens with zero attached hydrogens (tertiary/aromatic N) is 3. The highest BCUT2D eigenvalue weighted by molar-refractivity contribution is 5.77. The SMILES string of the molecule is CC(C)(C[C@H](N)c1cn2ncc([C@@H]3C[C@@H]3C[C@@H](C(N)=O)C3CC(F)(F)C3)cc2n1)C(F)(F)F. The molecule has 2 aliphatic carbocycles. The van der Waals surface area contributed by atoms with Crippen LogP contribution in [0.15, 0.2) is 18.5 Å². The zero-order chi connectivity index (χ0) is 24.3. The second kappa shape index (κ2) is 7.89. The van der Waals surface area contributed by atoms with Crippen LogP contribution in [0.25, 0.3) is 5.65 Å². The number of fused-ring (bicyclic) bond motifs is 1. The van der Waals surface area contributed by atoms with Crippen molar-refractivity contribution in [3.63, 3.8) is 0 Å². The van der Waals surface area contributed by atoms with E-state index in [-0.39, 0.29) is 37.0 Å². The van der Waals surface area contributed by atoms with Crippen LogP contribution in [0.4, 0.5) is 22.0 Å². The number of rotatable bonds is 8. The van der Waals surface area contributed by atoms with Gasteiger partial charge in [0, 0.05) is 24.8 Å². The van der Waals surface area contributed by atoms with E-state index in [1.54, 1.807) is 12.3 Å². The largest absolute Gasteiger partial charge is 0.394 e. The second-order valence-electron chi connectivity index (χ2n) is 10.3. The van der Waals surface area contributed by atoms with Crippen molar-refractivity contribution in [1.29, 1.82) is 0 Å². The zero-order valence-electron chi connectivity index (χ0n) is 18.4. The molecule has 0 bridgehead atoms. The molecular formula is C22H28F5N5O. The number of hydrogen-bond acceptors (Lipinski definition) is 4. The van der Waals surface area contributed by atoms with Crippen LogP contribution in [0.5, 0.6) is 0 Å². The van der Waals surface area contributed by atoms with E-state index >= 15 is 0 Å². The van der Waals surface area contributed by atoms with E-state index in [4.69, 9.17) is 11.5 Å². The lowest BCUT2D eigenvalue weighted by molar-refractivity contribution is -0.215. The summed E-state index contributed by atoms with van der Waals surface area (Å²) in [5, 5.41) is 4.31. The molecule has 4 rings (SSSR count). The fourth-order valence-electron chi connectivity index (χ4n) is 4.84. The van der Waals surface area contributed by atoms with E-state index in [0.29, 0.717) is 17.8 Å². The number of primary amides is 1. The number of alkyl halides is 5. The van der Waals surface area contributed by atoms with Gasteiger partial charge in [-0.05, 0) is 48.6 Å². The van der Waals surface area contributed by atoms with E-state index in [1.165, 1.54) is 10.7 Å². The molecule has 0 spiro atoms. The third-order valence-electron chi connectivity index (χ3n) is 7.20. The van der Waals surface area contributed by atoms with E-state index in [0.717, 1.165) is 25.8 Å². The normalized spacial score (nSPS) is 25.0. The first-order valence-corrected chi connectivity index (χ1v) is 11.0. The van der Waals surface area contributed by atoms with Crippen LogP contribution in [0, 0.1) is 23.2 Å². The molecule has 4 N–H and O–H groups in total. The number of amides is 1. The summed E-state index contributed by atoms with van der Waals surface area (Å²) < 4.78 is 67.5. The van der Waals surface area contributed by atoms with Gasteiger partial charge in [0.1, 0.15) is 0 Å².